The predicted octanol–water partition coefficient (Wildman–Crippen LogP) is 3.90. The average Bonchev–Trinajstić information content (AvgIpc) is 3.45. The lowest BCUT2D eigenvalue weighted by atomic mass is 10.1. The number of nitrogens with one attached hydrogen (secondary N) is 1. The summed E-state index contributed by atoms with van der Waals surface area (Å²) in [5.74, 6) is -0.654. The van der Waals surface area contributed by atoms with E-state index in [1.807, 2.05) is 11.8 Å². The van der Waals surface area contributed by atoms with Crippen molar-refractivity contribution in [3.8, 4) is 0 Å². The maximum Gasteiger partial charge on any atom is 0.292 e. The second-order valence-corrected chi connectivity index (χ2v) is 6.42. The first-order chi connectivity index (χ1) is 12.5. The normalized spacial score (nSPS) is 14.9. The Kier molecular flexibility index (Phi) is 5.27. The first-order valence-electron chi connectivity index (χ1n) is 8.51. The number of benzene rings is 2. The van der Waals surface area contributed by atoms with Gasteiger partial charge in [0.1, 0.15) is 11.5 Å². The molecule has 2 aromatic rings. The Morgan fingerprint density at radius 3 is 2.58 bits per heavy atom. The molecule has 0 bridgehead atoms. The minimum absolute atomic E-state index is 0.0478. The van der Waals surface area contributed by atoms with Gasteiger partial charge in [0.2, 0.25) is 5.91 Å². The van der Waals surface area contributed by atoms with E-state index >= 15 is 0 Å². The first-order valence-corrected chi connectivity index (χ1v) is 8.51. The van der Waals surface area contributed by atoms with Crippen LogP contribution in [-0.4, -0.2) is 28.3 Å². The number of hydrogen-bond donors (Lipinski definition) is 1. The predicted molar refractivity (Wildman–Crippen MR) is 96.3 cm³/mol. The minimum atomic E-state index is -0.532. The number of carbonyl (C=O) groups excluding carboxylic acids is 1. The highest BCUT2D eigenvalue weighted by Crippen LogP contribution is 2.35. The molecule has 0 aromatic heterocycles. The van der Waals surface area contributed by atoms with E-state index in [4.69, 9.17) is 0 Å². The molecule has 26 heavy (non-hydrogen) atoms. The minimum Gasteiger partial charge on any atom is -0.319 e. The number of nitro benzene ring substituents is 1. The van der Waals surface area contributed by atoms with Crippen molar-refractivity contribution < 1.29 is 14.1 Å². The van der Waals surface area contributed by atoms with Crippen LogP contribution in [0.2, 0.25) is 0 Å². The van der Waals surface area contributed by atoms with Crippen molar-refractivity contribution in [2.45, 2.75) is 31.8 Å². The van der Waals surface area contributed by atoms with Crippen LogP contribution in [0.4, 0.5) is 15.8 Å². The molecule has 3 rings (SSSR count). The van der Waals surface area contributed by atoms with E-state index in [9.17, 15) is 19.3 Å². The van der Waals surface area contributed by atoms with Gasteiger partial charge in [-0.15, -0.1) is 0 Å². The van der Waals surface area contributed by atoms with Gasteiger partial charge in [0, 0.05) is 23.7 Å². The highest BCUT2D eigenvalue weighted by molar-refractivity contribution is 5.94. The van der Waals surface area contributed by atoms with Crippen LogP contribution in [0, 0.1) is 15.9 Å². The summed E-state index contributed by atoms with van der Waals surface area (Å²) in [5.41, 5.74) is 0.552. The van der Waals surface area contributed by atoms with Crippen molar-refractivity contribution in [1.29, 1.82) is 0 Å². The number of hydrogen-bond acceptors (Lipinski definition) is 4. The molecule has 1 fully saturated rings. The largest absolute Gasteiger partial charge is 0.319 e. The molecule has 1 unspecified atom stereocenters. The molecule has 136 valence electrons. The van der Waals surface area contributed by atoms with Gasteiger partial charge in [-0.1, -0.05) is 30.3 Å². The fourth-order valence-corrected chi connectivity index (χ4v) is 3.08. The van der Waals surface area contributed by atoms with Crippen molar-refractivity contribution in [2.75, 3.05) is 11.9 Å². The quantitative estimate of drug-likeness (QED) is 0.602. The van der Waals surface area contributed by atoms with Gasteiger partial charge >= 0.3 is 0 Å². The third-order valence-electron chi connectivity index (χ3n) is 4.57. The Labute approximate surface area is 150 Å². The van der Waals surface area contributed by atoms with Crippen molar-refractivity contribution in [1.82, 2.24) is 4.90 Å². The SMILES string of the molecule is CC(c1ccccc1F)N(CC(=O)Nc1ccccc1[N+](=O)[O-])C1CC1. The van der Waals surface area contributed by atoms with Gasteiger partial charge in [-0.3, -0.25) is 19.8 Å². The van der Waals surface area contributed by atoms with Crippen LogP contribution in [0.5, 0.6) is 0 Å². The van der Waals surface area contributed by atoms with Crippen LogP contribution in [0.3, 0.4) is 0 Å². The molecule has 2 aromatic carbocycles. The Hall–Kier alpha value is -2.80. The van der Waals surface area contributed by atoms with E-state index in [0.29, 0.717) is 5.56 Å². The molecule has 1 aliphatic carbocycles. The number of nitro groups is 1. The molecule has 6 nitrogen and oxygen atoms in total. The zero-order valence-corrected chi connectivity index (χ0v) is 14.4. The molecule has 1 amide bonds. The molecular weight excluding hydrogens is 337 g/mol. The number of halogens is 1. The molecular formula is C19H20FN3O3. The second-order valence-electron chi connectivity index (χ2n) is 6.42. The fraction of sp³-hybridized carbons (Fsp3) is 0.316. The monoisotopic (exact) mass is 357 g/mol. The van der Waals surface area contributed by atoms with Crippen LogP contribution in [0.25, 0.3) is 0 Å². The molecule has 0 spiro atoms. The van der Waals surface area contributed by atoms with E-state index in [2.05, 4.69) is 5.32 Å². The Bertz CT molecular complexity index is 823. The molecule has 0 aliphatic heterocycles. The van der Waals surface area contributed by atoms with E-state index < -0.39 is 4.92 Å². The number of rotatable bonds is 7. The highest BCUT2D eigenvalue weighted by Gasteiger charge is 2.35. The molecule has 1 N–H and O–H groups in total. The van der Waals surface area contributed by atoms with Gasteiger partial charge in [0.15, 0.2) is 0 Å². The molecule has 1 atom stereocenters. The van der Waals surface area contributed by atoms with Gasteiger partial charge in [-0.25, -0.2) is 4.39 Å². The molecule has 0 heterocycles. The van der Waals surface area contributed by atoms with E-state index in [1.165, 1.54) is 18.2 Å². The average molecular weight is 357 g/mol. The molecule has 1 aliphatic rings. The third-order valence-corrected chi connectivity index (χ3v) is 4.57. The molecule has 0 radical (unpaired) electrons. The van der Waals surface area contributed by atoms with Crippen molar-refractivity contribution in [2.24, 2.45) is 0 Å². The Morgan fingerprint density at radius 2 is 1.92 bits per heavy atom. The summed E-state index contributed by atoms with van der Waals surface area (Å²) < 4.78 is 14.1. The number of amides is 1. The topological polar surface area (TPSA) is 75.5 Å². The number of anilines is 1. The highest BCUT2D eigenvalue weighted by atomic mass is 19.1. The van der Waals surface area contributed by atoms with Crippen molar-refractivity contribution in [3.05, 3.63) is 70.0 Å². The summed E-state index contributed by atoms with van der Waals surface area (Å²) in [5, 5.41) is 13.7. The second kappa shape index (κ2) is 7.61. The fourth-order valence-electron chi connectivity index (χ4n) is 3.08. The maximum absolute atomic E-state index is 14.1. The maximum atomic E-state index is 14.1. The number of para-hydroxylation sites is 2. The summed E-state index contributed by atoms with van der Waals surface area (Å²) in [4.78, 5) is 25.0. The zero-order valence-electron chi connectivity index (χ0n) is 14.4. The van der Waals surface area contributed by atoms with Gasteiger partial charge in [-0.2, -0.15) is 0 Å². The van der Waals surface area contributed by atoms with E-state index in [0.717, 1.165) is 12.8 Å². The Balaban J connectivity index is 1.74. The van der Waals surface area contributed by atoms with Crippen LogP contribution < -0.4 is 5.32 Å². The smallest absolute Gasteiger partial charge is 0.292 e. The van der Waals surface area contributed by atoms with Crippen molar-refractivity contribution in [3.63, 3.8) is 0 Å². The molecule has 1 saturated carbocycles. The summed E-state index contributed by atoms with van der Waals surface area (Å²) in [6.45, 7) is 1.92. The first kappa shape index (κ1) is 18.0. The van der Waals surface area contributed by atoms with Crippen LogP contribution >= 0.6 is 0 Å². The van der Waals surface area contributed by atoms with Crippen LogP contribution in [0.1, 0.15) is 31.4 Å². The van der Waals surface area contributed by atoms with Gasteiger partial charge in [0.05, 0.1) is 11.5 Å². The van der Waals surface area contributed by atoms with Crippen LogP contribution in [-0.2, 0) is 4.79 Å². The summed E-state index contributed by atoms with van der Waals surface area (Å²) in [6.07, 6.45) is 1.91. The van der Waals surface area contributed by atoms with Gasteiger partial charge in [-0.05, 0) is 31.9 Å². The van der Waals surface area contributed by atoms with E-state index in [1.54, 1.807) is 30.3 Å². The van der Waals surface area contributed by atoms with Gasteiger partial charge < -0.3 is 5.32 Å². The molecule has 7 heteroatoms. The van der Waals surface area contributed by atoms with Crippen molar-refractivity contribution >= 4 is 17.3 Å². The van der Waals surface area contributed by atoms with Gasteiger partial charge in [0.25, 0.3) is 5.69 Å². The lowest BCUT2D eigenvalue weighted by Crippen LogP contribution is -2.37. The summed E-state index contributed by atoms with van der Waals surface area (Å²) in [7, 11) is 0. The zero-order chi connectivity index (χ0) is 18.7. The number of nitrogens with zero attached hydrogens (tertiary/aromatic N) is 2. The number of carbonyl (C=O) groups is 1. The lowest BCUT2D eigenvalue weighted by molar-refractivity contribution is -0.383. The molecule has 0 saturated heterocycles. The summed E-state index contributed by atoms with van der Waals surface area (Å²) >= 11 is 0. The third kappa shape index (κ3) is 4.05. The standard InChI is InChI=1S/C19H20FN3O3/c1-13(15-6-2-3-7-16(15)20)22(14-10-11-14)12-19(24)21-17-8-4-5-9-18(17)23(25)26/h2-9,13-14H,10-12H2,1H3,(H,21,24). The Morgan fingerprint density at radius 1 is 1.27 bits per heavy atom. The summed E-state index contributed by atoms with van der Waals surface area (Å²) in [6, 6.07) is 12.5. The van der Waals surface area contributed by atoms with E-state index in [-0.39, 0.29) is 41.7 Å². The lowest BCUT2D eigenvalue weighted by Gasteiger charge is -2.29. The van der Waals surface area contributed by atoms with Crippen LogP contribution in [0.15, 0.2) is 48.5 Å².